The SMILES string of the molecule is CC=CCC=CN=C(C)CC. The smallest absolute Gasteiger partial charge is 0.0230 e. The predicted molar refractivity (Wildman–Crippen MR) is 52.0 cm³/mol. The zero-order chi connectivity index (χ0) is 8.53. The fourth-order valence-electron chi connectivity index (χ4n) is 0.547. The van der Waals surface area contributed by atoms with Crippen molar-refractivity contribution in [3.05, 3.63) is 24.4 Å². The second kappa shape index (κ2) is 7.26. The standard InChI is InChI=1S/C10H17N/c1-4-6-7-8-9-11-10(3)5-2/h4,6,8-9H,5,7H2,1-3H3. The normalized spacial score (nSPS) is 13.5. The van der Waals surface area contributed by atoms with Crippen LogP contribution in [0.25, 0.3) is 0 Å². The molecule has 0 aromatic carbocycles. The minimum Gasteiger partial charge on any atom is -0.266 e. The lowest BCUT2D eigenvalue weighted by molar-refractivity contribution is 1.24. The molecule has 0 saturated carbocycles. The van der Waals surface area contributed by atoms with E-state index in [9.17, 15) is 0 Å². The first-order valence-corrected chi connectivity index (χ1v) is 4.10. The van der Waals surface area contributed by atoms with Gasteiger partial charge in [0.1, 0.15) is 0 Å². The molecule has 1 heteroatoms. The summed E-state index contributed by atoms with van der Waals surface area (Å²) in [5.74, 6) is 0. The van der Waals surface area contributed by atoms with E-state index in [-0.39, 0.29) is 0 Å². The summed E-state index contributed by atoms with van der Waals surface area (Å²) in [4.78, 5) is 4.22. The Labute approximate surface area is 69.5 Å². The predicted octanol–water partition coefficient (Wildman–Crippen LogP) is 3.34. The molecule has 0 spiro atoms. The zero-order valence-corrected chi connectivity index (χ0v) is 7.67. The summed E-state index contributed by atoms with van der Waals surface area (Å²) < 4.78 is 0. The van der Waals surface area contributed by atoms with Gasteiger partial charge in [0, 0.05) is 11.9 Å². The maximum absolute atomic E-state index is 4.22. The Morgan fingerprint density at radius 1 is 1.36 bits per heavy atom. The first kappa shape index (κ1) is 10.2. The molecule has 0 aliphatic heterocycles. The van der Waals surface area contributed by atoms with Gasteiger partial charge < -0.3 is 0 Å². The zero-order valence-electron chi connectivity index (χ0n) is 7.67. The first-order valence-electron chi connectivity index (χ1n) is 4.10. The van der Waals surface area contributed by atoms with Gasteiger partial charge in [-0.3, -0.25) is 4.99 Å². The van der Waals surface area contributed by atoms with Crippen molar-refractivity contribution >= 4 is 5.71 Å². The van der Waals surface area contributed by atoms with Crippen LogP contribution in [0.5, 0.6) is 0 Å². The van der Waals surface area contributed by atoms with Gasteiger partial charge in [-0.25, -0.2) is 0 Å². The molecule has 0 rings (SSSR count). The molecule has 1 nitrogen and oxygen atoms in total. The fraction of sp³-hybridized carbons (Fsp3) is 0.500. The van der Waals surface area contributed by atoms with Gasteiger partial charge in [0.25, 0.3) is 0 Å². The van der Waals surface area contributed by atoms with Crippen LogP contribution in [0, 0.1) is 0 Å². The molecule has 0 aliphatic rings. The quantitative estimate of drug-likeness (QED) is 0.431. The average molecular weight is 151 g/mol. The van der Waals surface area contributed by atoms with E-state index in [0.29, 0.717) is 0 Å². The van der Waals surface area contributed by atoms with Crippen molar-refractivity contribution in [2.75, 3.05) is 0 Å². The van der Waals surface area contributed by atoms with E-state index in [1.165, 1.54) is 5.71 Å². The van der Waals surface area contributed by atoms with Crippen molar-refractivity contribution in [1.82, 2.24) is 0 Å². The number of nitrogens with zero attached hydrogens (tertiary/aromatic N) is 1. The lowest BCUT2D eigenvalue weighted by Gasteiger charge is -1.87. The van der Waals surface area contributed by atoms with Crippen LogP contribution in [-0.2, 0) is 0 Å². The van der Waals surface area contributed by atoms with Crippen LogP contribution < -0.4 is 0 Å². The Morgan fingerprint density at radius 3 is 2.64 bits per heavy atom. The third kappa shape index (κ3) is 7.04. The van der Waals surface area contributed by atoms with Crippen molar-refractivity contribution in [3.63, 3.8) is 0 Å². The van der Waals surface area contributed by atoms with Crippen molar-refractivity contribution in [2.24, 2.45) is 4.99 Å². The lowest BCUT2D eigenvalue weighted by atomic mass is 10.3. The van der Waals surface area contributed by atoms with Gasteiger partial charge in [0.2, 0.25) is 0 Å². The third-order valence-corrected chi connectivity index (χ3v) is 1.42. The summed E-state index contributed by atoms with van der Waals surface area (Å²) in [6, 6.07) is 0. The van der Waals surface area contributed by atoms with Gasteiger partial charge in [-0.2, -0.15) is 0 Å². The maximum Gasteiger partial charge on any atom is 0.0230 e. The minimum absolute atomic E-state index is 0.983. The summed E-state index contributed by atoms with van der Waals surface area (Å²) in [6.45, 7) is 6.17. The highest BCUT2D eigenvalue weighted by atomic mass is 14.7. The van der Waals surface area contributed by atoms with Crippen LogP contribution in [-0.4, -0.2) is 5.71 Å². The minimum atomic E-state index is 0.983. The van der Waals surface area contributed by atoms with Gasteiger partial charge in [-0.05, 0) is 26.7 Å². The maximum atomic E-state index is 4.22. The van der Waals surface area contributed by atoms with Crippen molar-refractivity contribution in [3.8, 4) is 0 Å². The van der Waals surface area contributed by atoms with Crippen molar-refractivity contribution in [2.45, 2.75) is 33.6 Å². The van der Waals surface area contributed by atoms with Crippen molar-refractivity contribution in [1.29, 1.82) is 0 Å². The van der Waals surface area contributed by atoms with Gasteiger partial charge >= 0.3 is 0 Å². The molecule has 0 bridgehead atoms. The molecule has 0 radical (unpaired) electrons. The van der Waals surface area contributed by atoms with E-state index in [1.807, 2.05) is 26.1 Å². The van der Waals surface area contributed by atoms with Gasteiger partial charge in [-0.1, -0.05) is 25.2 Å². The topological polar surface area (TPSA) is 12.4 Å². The molecule has 0 amide bonds. The monoisotopic (exact) mass is 151 g/mol. The third-order valence-electron chi connectivity index (χ3n) is 1.42. The number of hydrogen-bond donors (Lipinski definition) is 0. The molecule has 11 heavy (non-hydrogen) atoms. The molecular weight excluding hydrogens is 134 g/mol. The van der Waals surface area contributed by atoms with Gasteiger partial charge in [-0.15, -0.1) is 0 Å². The van der Waals surface area contributed by atoms with Gasteiger partial charge in [0.15, 0.2) is 0 Å². The second-order valence-corrected chi connectivity index (χ2v) is 2.41. The number of aliphatic imine (C=N–C) groups is 1. The average Bonchev–Trinajstić information content (AvgIpc) is 2.04. The van der Waals surface area contributed by atoms with Crippen LogP contribution in [0.2, 0.25) is 0 Å². The van der Waals surface area contributed by atoms with E-state index in [1.54, 1.807) is 0 Å². The molecule has 0 saturated heterocycles. The van der Waals surface area contributed by atoms with Crippen LogP contribution in [0.1, 0.15) is 33.6 Å². The van der Waals surface area contributed by atoms with Crippen LogP contribution in [0.15, 0.2) is 29.4 Å². The molecule has 0 aromatic rings. The highest BCUT2D eigenvalue weighted by Crippen LogP contribution is 1.89. The van der Waals surface area contributed by atoms with Gasteiger partial charge in [0.05, 0.1) is 0 Å². The highest BCUT2D eigenvalue weighted by Gasteiger charge is 1.78. The van der Waals surface area contributed by atoms with Crippen molar-refractivity contribution < 1.29 is 0 Å². The van der Waals surface area contributed by atoms with E-state index in [4.69, 9.17) is 0 Å². The number of hydrogen-bond acceptors (Lipinski definition) is 1. The Bertz CT molecular complexity index is 164. The van der Waals surface area contributed by atoms with E-state index in [2.05, 4.69) is 24.1 Å². The summed E-state index contributed by atoms with van der Waals surface area (Å²) in [5, 5.41) is 0. The van der Waals surface area contributed by atoms with Crippen LogP contribution in [0.3, 0.4) is 0 Å². The molecule has 62 valence electrons. The fourth-order valence-corrected chi connectivity index (χ4v) is 0.547. The molecule has 0 N–H and O–H groups in total. The summed E-state index contributed by atoms with van der Waals surface area (Å²) in [5.41, 5.74) is 1.18. The summed E-state index contributed by atoms with van der Waals surface area (Å²) in [7, 11) is 0. The van der Waals surface area contributed by atoms with E-state index in [0.717, 1.165) is 12.8 Å². The molecule has 0 aromatic heterocycles. The Balaban J connectivity index is 3.58. The number of allylic oxidation sites excluding steroid dienone is 3. The first-order chi connectivity index (χ1) is 5.31. The molecule has 0 unspecified atom stereocenters. The molecule has 0 fully saturated rings. The highest BCUT2D eigenvalue weighted by molar-refractivity contribution is 5.82. The Hall–Kier alpha value is -0.850. The Morgan fingerprint density at radius 2 is 2.09 bits per heavy atom. The molecule has 0 atom stereocenters. The Kier molecular flexibility index (Phi) is 6.70. The van der Waals surface area contributed by atoms with E-state index < -0.39 is 0 Å². The van der Waals surface area contributed by atoms with Crippen LogP contribution in [0.4, 0.5) is 0 Å². The van der Waals surface area contributed by atoms with Crippen LogP contribution >= 0.6 is 0 Å². The molecule has 0 aliphatic carbocycles. The molecule has 0 heterocycles. The number of rotatable bonds is 4. The van der Waals surface area contributed by atoms with E-state index >= 15 is 0 Å². The second-order valence-electron chi connectivity index (χ2n) is 2.41. The summed E-state index contributed by atoms with van der Waals surface area (Å²) in [6.07, 6.45) is 10.1. The lowest BCUT2D eigenvalue weighted by Crippen LogP contribution is -1.83. The largest absolute Gasteiger partial charge is 0.266 e. The summed E-state index contributed by atoms with van der Waals surface area (Å²) >= 11 is 0. The molecular formula is C10H17N.